The fourth-order valence-electron chi connectivity index (χ4n) is 2.71. The van der Waals surface area contributed by atoms with Crippen LogP contribution < -0.4 is 10.5 Å². The molecular weight excluding hydrogens is 280 g/mol. The number of hydrogen-bond acceptors (Lipinski definition) is 4. The quantitative estimate of drug-likeness (QED) is 0.876. The first-order valence-electron chi connectivity index (χ1n) is 6.71. The number of rotatable bonds is 5. The van der Waals surface area contributed by atoms with Crippen LogP contribution >= 0.6 is 11.3 Å². The van der Waals surface area contributed by atoms with Crippen LogP contribution in [0.1, 0.15) is 35.9 Å². The average molecular weight is 302 g/mol. The third kappa shape index (κ3) is 3.56. The van der Waals surface area contributed by atoms with Gasteiger partial charge in [-0.3, -0.25) is 0 Å². The van der Waals surface area contributed by atoms with E-state index in [0.717, 1.165) is 28.5 Å². The SMILES string of the molecule is Cc1sc(CN)cc1S(=O)(=O)NCC1CCC(C)C1. The van der Waals surface area contributed by atoms with Crippen LogP contribution in [0.4, 0.5) is 0 Å². The number of sulfonamides is 1. The molecule has 2 unspecified atom stereocenters. The van der Waals surface area contributed by atoms with Crippen molar-refractivity contribution in [3.63, 3.8) is 0 Å². The molecule has 0 aromatic carbocycles. The summed E-state index contributed by atoms with van der Waals surface area (Å²) < 4.78 is 27.3. The summed E-state index contributed by atoms with van der Waals surface area (Å²) in [6, 6.07) is 1.69. The Morgan fingerprint density at radius 3 is 2.74 bits per heavy atom. The van der Waals surface area contributed by atoms with E-state index >= 15 is 0 Å². The molecule has 2 rings (SSSR count). The Labute approximate surface area is 119 Å². The van der Waals surface area contributed by atoms with E-state index in [2.05, 4.69) is 11.6 Å². The molecule has 1 aliphatic carbocycles. The molecule has 6 heteroatoms. The van der Waals surface area contributed by atoms with Crippen LogP contribution in [0.3, 0.4) is 0 Å². The normalized spacial score (nSPS) is 23.9. The van der Waals surface area contributed by atoms with E-state index in [9.17, 15) is 8.42 Å². The summed E-state index contributed by atoms with van der Waals surface area (Å²) in [6.07, 6.45) is 3.46. The van der Waals surface area contributed by atoms with Crippen LogP contribution in [0.15, 0.2) is 11.0 Å². The Morgan fingerprint density at radius 1 is 1.47 bits per heavy atom. The molecule has 108 valence electrons. The lowest BCUT2D eigenvalue weighted by atomic mass is 10.1. The summed E-state index contributed by atoms with van der Waals surface area (Å²) in [7, 11) is -3.38. The summed E-state index contributed by atoms with van der Waals surface area (Å²) in [5.41, 5.74) is 5.56. The summed E-state index contributed by atoms with van der Waals surface area (Å²) in [5.74, 6) is 1.21. The summed E-state index contributed by atoms with van der Waals surface area (Å²) in [6.45, 7) is 5.00. The molecule has 1 saturated carbocycles. The minimum atomic E-state index is -3.38. The molecule has 1 heterocycles. The molecule has 0 bridgehead atoms. The van der Waals surface area contributed by atoms with Gasteiger partial charge in [0, 0.05) is 22.8 Å². The van der Waals surface area contributed by atoms with Crippen molar-refractivity contribution in [1.82, 2.24) is 4.72 Å². The smallest absolute Gasteiger partial charge is 0.241 e. The lowest BCUT2D eigenvalue weighted by Crippen LogP contribution is -2.28. The van der Waals surface area contributed by atoms with Crippen LogP contribution in [0.25, 0.3) is 0 Å². The maximum Gasteiger partial charge on any atom is 0.241 e. The van der Waals surface area contributed by atoms with Gasteiger partial charge in [0.05, 0.1) is 4.90 Å². The molecular formula is C13H22N2O2S2. The van der Waals surface area contributed by atoms with Crippen LogP contribution in [-0.4, -0.2) is 15.0 Å². The van der Waals surface area contributed by atoms with Crippen molar-refractivity contribution in [2.24, 2.45) is 17.6 Å². The van der Waals surface area contributed by atoms with Gasteiger partial charge in [0.15, 0.2) is 0 Å². The largest absolute Gasteiger partial charge is 0.326 e. The molecule has 3 N–H and O–H groups in total. The summed E-state index contributed by atoms with van der Waals surface area (Å²) in [5, 5.41) is 0. The third-order valence-corrected chi connectivity index (χ3v) is 6.53. The Bertz CT molecular complexity index is 537. The first-order chi connectivity index (χ1) is 8.92. The van der Waals surface area contributed by atoms with E-state index in [-0.39, 0.29) is 0 Å². The number of hydrogen-bond donors (Lipinski definition) is 2. The van der Waals surface area contributed by atoms with Crippen LogP contribution in [0.2, 0.25) is 0 Å². The van der Waals surface area contributed by atoms with Crippen LogP contribution in [0, 0.1) is 18.8 Å². The van der Waals surface area contributed by atoms with Crippen molar-refractivity contribution in [3.8, 4) is 0 Å². The number of nitrogens with two attached hydrogens (primary N) is 1. The first kappa shape index (κ1) is 15.0. The second-order valence-corrected chi connectivity index (χ2v) is 8.55. The second-order valence-electron chi connectivity index (χ2n) is 5.47. The van der Waals surface area contributed by atoms with Crippen molar-refractivity contribution in [1.29, 1.82) is 0 Å². The maximum atomic E-state index is 12.3. The maximum absolute atomic E-state index is 12.3. The zero-order valence-electron chi connectivity index (χ0n) is 11.5. The van der Waals surface area contributed by atoms with E-state index in [4.69, 9.17) is 5.73 Å². The monoisotopic (exact) mass is 302 g/mol. The number of nitrogens with one attached hydrogen (secondary N) is 1. The highest BCUT2D eigenvalue weighted by Crippen LogP contribution is 2.30. The van der Waals surface area contributed by atoms with Gasteiger partial charge in [-0.05, 0) is 37.7 Å². The van der Waals surface area contributed by atoms with Gasteiger partial charge in [0.2, 0.25) is 10.0 Å². The van der Waals surface area contributed by atoms with Crippen LogP contribution in [-0.2, 0) is 16.6 Å². The van der Waals surface area contributed by atoms with Gasteiger partial charge in [0.25, 0.3) is 0 Å². The minimum absolute atomic E-state index is 0.390. The van der Waals surface area contributed by atoms with Crippen molar-refractivity contribution in [3.05, 3.63) is 15.8 Å². The van der Waals surface area contributed by atoms with Crippen molar-refractivity contribution in [2.75, 3.05) is 6.54 Å². The van der Waals surface area contributed by atoms with Gasteiger partial charge in [-0.2, -0.15) is 0 Å². The van der Waals surface area contributed by atoms with Crippen molar-refractivity contribution < 1.29 is 8.42 Å². The number of thiophene rings is 1. The molecule has 1 aromatic heterocycles. The Balaban J connectivity index is 2.03. The summed E-state index contributed by atoms with van der Waals surface area (Å²) in [4.78, 5) is 2.11. The first-order valence-corrected chi connectivity index (χ1v) is 9.01. The standard InChI is InChI=1S/C13H22N2O2S2/c1-9-3-4-11(5-9)8-15-19(16,17)13-6-12(7-14)18-10(13)2/h6,9,11,15H,3-5,7-8,14H2,1-2H3. The van der Waals surface area contributed by atoms with Gasteiger partial charge in [-0.25, -0.2) is 13.1 Å². The lowest BCUT2D eigenvalue weighted by molar-refractivity contribution is 0.498. The highest BCUT2D eigenvalue weighted by Gasteiger charge is 2.25. The molecule has 0 radical (unpaired) electrons. The molecule has 1 aliphatic rings. The fourth-order valence-corrected chi connectivity index (χ4v) is 5.34. The molecule has 1 fully saturated rings. The lowest BCUT2D eigenvalue weighted by Gasteiger charge is -2.11. The van der Waals surface area contributed by atoms with E-state index in [1.54, 1.807) is 6.07 Å². The predicted octanol–water partition coefficient (Wildman–Crippen LogP) is 2.23. The van der Waals surface area contributed by atoms with Gasteiger partial charge in [-0.15, -0.1) is 11.3 Å². The van der Waals surface area contributed by atoms with E-state index in [1.165, 1.54) is 17.8 Å². The zero-order valence-corrected chi connectivity index (χ0v) is 13.1. The molecule has 2 atom stereocenters. The van der Waals surface area contributed by atoms with E-state index < -0.39 is 10.0 Å². The second kappa shape index (κ2) is 5.91. The molecule has 0 aliphatic heterocycles. The average Bonchev–Trinajstić information content (AvgIpc) is 2.93. The number of aryl methyl sites for hydroxylation is 1. The zero-order chi connectivity index (χ0) is 14.0. The van der Waals surface area contributed by atoms with Gasteiger partial charge in [-0.1, -0.05) is 13.3 Å². The topological polar surface area (TPSA) is 72.2 Å². The van der Waals surface area contributed by atoms with E-state index in [0.29, 0.717) is 23.9 Å². The molecule has 19 heavy (non-hydrogen) atoms. The Morgan fingerprint density at radius 2 is 2.21 bits per heavy atom. The van der Waals surface area contributed by atoms with Gasteiger partial charge < -0.3 is 5.73 Å². The van der Waals surface area contributed by atoms with Crippen LogP contribution in [0.5, 0.6) is 0 Å². The van der Waals surface area contributed by atoms with Gasteiger partial charge in [0.1, 0.15) is 0 Å². The Kier molecular flexibility index (Phi) is 4.66. The molecule has 0 amide bonds. The fraction of sp³-hybridized carbons (Fsp3) is 0.692. The van der Waals surface area contributed by atoms with Gasteiger partial charge >= 0.3 is 0 Å². The minimum Gasteiger partial charge on any atom is -0.326 e. The third-order valence-electron chi connectivity index (χ3n) is 3.78. The summed E-state index contributed by atoms with van der Waals surface area (Å²) >= 11 is 1.46. The predicted molar refractivity (Wildman–Crippen MR) is 78.6 cm³/mol. The molecule has 4 nitrogen and oxygen atoms in total. The Hall–Kier alpha value is -0.430. The highest BCUT2D eigenvalue weighted by atomic mass is 32.2. The molecule has 0 saturated heterocycles. The van der Waals surface area contributed by atoms with Crippen molar-refractivity contribution >= 4 is 21.4 Å². The van der Waals surface area contributed by atoms with Crippen molar-refractivity contribution in [2.45, 2.75) is 44.6 Å². The molecule has 1 aromatic rings. The van der Waals surface area contributed by atoms with E-state index in [1.807, 2.05) is 6.92 Å². The molecule has 0 spiro atoms. The highest BCUT2D eigenvalue weighted by molar-refractivity contribution is 7.89.